The third-order valence-electron chi connectivity index (χ3n) is 17.5. The Bertz CT molecular complexity index is 4910. The van der Waals surface area contributed by atoms with Crippen LogP contribution in [0.15, 0.2) is 271 Å². The van der Waals surface area contributed by atoms with E-state index in [1.54, 1.807) is 0 Å². The van der Waals surface area contributed by atoms with Gasteiger partial charge in [-0.25, -0.2) is 0 Å². The normalized spacial score (nSPS) is 12.2. The molecule has 0 amide bonds. The lowest BCUT2D eigenvalue weighted by Crippen LogP contribution is -2.17. The summed E-state index contributed by atoms with van der Waals surface area (Å²) in [6.45, 7) is 20.7. The van der Waals surface area contributed by atoms with Crippen LogP contribution in [-0.2, 0) is 16.2 Å². The Labute approximate surface area is 532 Å². The predicted molar refractivity (Wildman–Crippen MR) is 384 cm³/mol. The summed E-state index contributed by atoms with van der Waals surface area (Å²) in [5.74, 6) is 0. The monoisotopic (exact) mass is 1190 g/mol. The first kappa shape index (κ1) is 57.3. The molecule has 14 rings (SSSR count). The lowest BCUT2D eigenvalue weighted by molar-refractivity contribution is 0.569. The molecule has 89 heavy (non-hydrogen) atoms. The average molecular weight is 1190 g/mol. The number of fused-ring (bicyclic) bond motifs is 6. The van der Waals surface area contributed by atoms with Gasteiger partial charge in [0.05, 0.1) is 11.4 Å². The molecule has 2 aromatic heterocycles. The lowest BCUT2D eigenvalue weighted by atomic mass is 9.79. The van der Waals surface area contributed by atoms with Crippen LogP contribution in [0.4, 0.5) is 34.1 Å². The number of nitrogens with zero attached hydrogens (tertiary/aromatic N) is 2. The summed E-state index contributed by atoms with van der Waals surface area (Å²) in [5.41, 5.74) is 21.9. The Hall–Kier alpha value is -9.45. The Morgan fingerprint density at radius 1 is 0.326 bits per heavy atom. The van der Waals surface area contributed by atoms with Gasteiger partial charge in [-0.05, 0) is 133 Å². The van der Waals surface area contributed by atoms with Gasteiger partial charge < -0.3 is 14.2 Å². The van der Waals surface area contributed by atoms with Crippen LogP contribution in [0.1, 0.15) is 79.0 Å². The summed E-state index contributed by atoms with van der Waals surface area (Å²) in [4.78, 5) is 4.94. The molecule has 0 saturated carbocycles. The highest BCUT2D eigenvalue weighted by Gasteiger charge is 2.32. The van der Waals surface area contributed by atoms with Gasteiger partial charge in [-0.3, -0.25) is 0 Å². The molecule has 12 aromatic carbocycles. The molecule has 0 bridgehead atoms. The first-order valence-corrected chi connectivity index (χ1v) is 32.1. The molecule has 0 spiro atoms. The van der Waals surface area contributed by atoms with Crippen LogP contribution in [-0.4, -0.2) is 0 Å². The minimum absolute atomic E-state index is 0.0489. The van der Waals surface area contributed by atoms with E-state index in [0.717, 1.165) is 106 Å². The molecule has 0 unspecified atom stereocenters. The number of furan rings is 1. The van der Waals surface area contributed by atoms with Crippen LogP contribution in [0.2, 0.25) is 5.02 Å². The Morgan fingerprint density at radius 3 is 1.40 bits per heavy atom. The molecule has 0 N–H and O–H groups in total. The fourth-order valence-electron chi connectivity index (χ4n) is 12.8. The van der Waals surface area contributed by atoms with Gasteiger partial charge in [-0.2, -0.15) is 0 Å². The maximum atomic E-state index is 7.96. The second kappa shape index (κ2) is 22.6. The molecule has 436 valence electrons. The maximum Gasteiger partial charge on any atom is 0.145 e. The van der Waals surface area contributed by atoms with Gasteiger partial charge in [0.1, 0.15) is 11.2 Å². The SMILES string of the molecule is CC(C)(C)c1cccc(N(c2cc(Cl)cc(N(c3ccc(-c4cc(C(C)(C)C)cc(C(C)(C)C)c4)cc3)c3c(-c4ccccc4)cc4sc5ccccc5c4c3-c3ccccc3)c2)c2c(-c3ccccc3)cc3c(oc4ccccc43)c2-c2ccccc2)c1. The van der Waals surface area contributed by atoms with Gasteiger partial charge >= 0.3 is 0 Å². The van der Waals surface area contributed by atoms with Crippen LogP contribution < -0.4 is 9.80 Å². The van der Waals surface area contributed by atoms with E-state index in [-0.39, 0.29) is 16.2 Å². The standard InChI is InChI=1S/C84H71ClN2OS/c1-82(2,3)60-35-26-36-65(48-60)87(80-70(55-27-14-10-15-28-55)52-72-68-37-22-24-39-73(68)88-81(72)77(80)58-33-20-13-21-34-58)67-50-63(85)49-66(51-67)86(64-43-41-54(42-44-64)59-45-61(83(4,5)6)47-62(46-59)84(7,8)9)79-71(56-29-16-11-17-30-56)53-75-78(69-38-23-25-40-74(69)89-75)76(79)57-31-18-12-19-32-57/h10-53H,1-9H3. The van der Waals surface area contributed by atoms with Crippen LogP contribution in [0.5, 0.6) is 0 Å². The third-order valence-corrected chi connectivity index (χ3v) is 18.8. The van der Waals surface area contributed by atoms with E-state index < -0.39 is 0 Å². The van der Waals surface area contributed by atoms with Crippen molar-refractivity contribution in [1.82, 2.24) is 0 Å². The molecule has 0 atom stereocenters. The van der Waals surface area contributed by atoms with Crippen molar-refractivity contribution < 1.29 is 4.42 Å². The Kier molecular flexibility index (Phi) is 14.6. The minimum Gasteiger partial charge on any atom is -0.455 e. The molecule has 0 aliphatic heterocycles. The highest BCUT2D eigenvalue weighted by Crippen LogP contribution is 2.57. The summed E-state index contributed by atoms with van der Waals surface area (Å²) in [6.07, 6.45) is 0. The van der Waals surface area contributed by atoms with E-state index in [1.165, 1.54) is 42.4 Å². The molecule has 0 fully saturated rings. The fraction of sp³-hybridized carbons (Fsp3) is 0.143. The van der Waals surface area contributed by atoms with E-state index in [0.29, 0.717) is 5.02 Å². The zero-order valence-corrected chi connectivity index (χ0v) is 53.6. The molecular weight excluding hydrogens is 1120 g/mol. The number of anilines is 6. The predicted octanol–water partition coefficient (Wildman–Crippen LogP) is 25.8. The van der Waals surface area contributed by atoms with Gasteiger partial charge in [-0.1, -0.05) is 274 Å². The van der Waals surface area contributed by atoms with Crippen LogP contribution in [0.3, 0.4) is 0 Å². The Morgan fingerprint density at radius 2 is 0.820 bits per heavy atom. The third kappa shape index (κ3) is 10.8. The van der Waals surface area contributed by atoms with Crippen molar-refractivity contribution in [3.05, 3.63) is 289 Å². The number of para-hydroxylation sites is 1. The largest absolute Gasteiger partial charge is 0.455 e. The average Bonchev–Trinajstić information content (AvgIpc) is 1.89. The van der Waals surface area contributed by atoms with Crippen molar-refractivity contribution in [2.75, 3.05) is 9.80 Å². The zero-order valence-electron chi connectivity index (χ0n) is 52.0. The molecule has 0 aliphatic carbocycles. The van der Waals surface area contributed by atoms with Crippen molar-refractivity contribution in [3.63, 3.8) is 0 Å². The minimum atomic E-state index is -0.175. The van der Waals surface area contributed by atoms with Gasteiger partial charge in [0.2, 0.25) is 0 Å². The highest BCUT2D eigenvalue weighted by atomic mass is 35.5. The Balaban J connectivity index is 1.12. The number of benzene rings is 12. The van der Waals surface area contributed by atoms with Gasteiger partial charge in [0.15, 0.2) is 0 Å². The van der Waals surface area contributed by atoms with Crippen LogP contribution in [0.25, 0.3) is 97.7 Å². The molecular formula is C84H71ClN2OS. The van der Waals surface area contributed by atoms with Crippen molar-refractivity contribution >= 4 is 99.2 Å². The quantitative estimate of drug-likeness (QED) is 0.129. The fourth-order valence-corrected chi connectivity index (χ4v) is 14.2. The summed E-state index contributed by atoms with van der Waals surface area (Å²) >= 11 is 9.81. The summed E-state index contributed by atoms with van der Waals surface area (Å²) in [6, 6.07) is 97.7. The van der Waals surface area contributed by atoms with E-state index >= 15 is 0 Å². The lowest BCUT2D eigenvalue weighted by Gasteiger charge is -2.34. The first-order valence-electron chi connectivity index (χ1n) is 30.9. The van der Waals surface area contributed by atoms with E-state index in [4.69, 9.17) is 16.0 Å². The van der Waals surface area contributed by atoms with Crippen LogP contribution in [0, 0.1) is 0 Å². The molecule has 0 radical (unpaired) electrons. The van der Waals surface area contributed by atoms with Crippen molar-refractivity contribution in [2.45, 2.75) is 78.6 Å². The van der Waals surface area contributed by atoms with Crippen molar-refractivity contribution in [2.24, 2.45) is 0 Å². The first-order chi connectivity index (χ1) is 42.9. The maximum absolute atomic E-state index is 7.96. The summed E-state index contributed by atoms with van der Waals surface area (Å²) < 4.78 is 9.62. The molecule has 0 aliphatic rings. The van der Waals surface area contributed by atoms with Gasteiger partial charge in [0.25, 0.3) is 0 Å². The van der Waals surface area contributed by atoms with E-state index in [9.17, 15) is 0 Å². The topological polar surface area (TPSA) is 19.6 Å². The second-order valence-electron chi connectivity index (χ2n) is 26.7. The number of halogens is 1. The number of thiophene rings is 1. The van der Waals surface area contributed by atoms with Crippen molar-refractivity contribution in [1.29, 1.82) is 0 Å². The van der Waals surface area contributed by atoms with Crippen molar-refractivity contribution in [3.8, 4) is 55.6 Å². The summed E-state index contributed by atoms with van der Waals surface area (Å²) in [5, 5.41) is 5.12. The molecule has 14 aromatic rings. The van der Waals surface area contributed by atoms with Gasteiger partial charge in [0, 0.05) is 81.0 Å². The zero-order chi connectivity index (χ0) is 61.3. The molecule has 3 nitrogen and oxygen atoms in total. The van der Waals surface area contributed by atoms with E-state index in [2.05, 4.69) is 339 Å². The second-order valence-corrected chi connectivity index (χ2v) is 28.2. The molecule has 2 heterocycles. The number of hydrogen-bond acceptors (Lipinski definition) is 4. The molecule has 0 saturated heterocycles. The number of hydrogen-bond donors (Lipinski definition) is 0. The highest BCUT2D eigenvalue weighted by molar-refractivity contribution is 7.26. The van der Waals surface area contributed by atoms with E-state index in [1.807, 2.05) is 11.3 Å². The molecule has 5 heteroatoms. The summed E-state index contributed by atoms with van der Waals surface area (Å²) in [7, 11) is 0. The van der Waals surface area contributed by atoms with Crippen LogP contribution >= 0.6 is 22.9 Å². The number of rotatable bonds is 11. The van der Waals surface area contributed by atoms with Gasteiger partial charge in [-0.15, -0.1) is 11.3 Å². The smallest absolute Gasteiger partial charge is 0.145 e.